The number of anilines is 1. The molecule has 28 heavy (non-hydrogen) atoms. The summed E-state index contributed by atoms with van der Waals surface area (Å²) >= 11 is 0. The number of hydrogen-bond donors (Lipinski definition) is 2. The van der Waals surface area contributed by atoms with Gasteiger partial charge in [0.1, 0.15) is 44.2 Å². The van der Waals surface area contributed by atoms with Crippen LogP contribution in [0.2, 0.25) is 0 Å². The number of nitrogens with zero attached hydrogens (tertiary/aromatic N) is 3. The van der Waals surface area contributed by atoms with E-state index in [1.54, 1.807) is 0 Å². The molecule has 1 amide bonds. The van der Waals surface area contributed by atoms with E-state index in [2.05, 4.69) is 27.2 Å². The summed E-state index contributed by atoms with van der Waals surface area (Å²) in [5, 5.41) is 4.08. The van der Waals surface area contributed by atoms with E-state index in [9.17, 15) is 4.79 Å². The number of rotatable bonds is 5. The van der Waals surface area contributed by atoms with E-state index in [4.69, 9.17) is 4.52 Å². The molecule has 4 heterocycles. The summed E-state index contributed by atoms with van der Waals surface area (Å²) in [4.78, 5) is 23.3. The third kappa shape index (κ3) is 4.69. The predicted octanol–water partition coefficient (Wildman–Crippen LogP) is -2.57. The molecule has 8 nitrogen and oxygen atoms in total. The van der Waals surface area contributed by atoms with Crippen molar-refractivity contribution in [1.29, 1.82) is 0 Å². The van der Waals surface area contributed by atoms with Gasteiger partial charge in [-0.2, -0.15) is 0 Å². The fourth-order valence-corrected chi connectivity index (χ4v) is 4.15. The maximum absolute atomic E-state index is 12.7. The molecule has 2 saturated heterocycles. The second kappa shape index (κ2) is 8.70. The molecule has 150 valence electrons. The highest BCUT2D eigenvalue weighted by Crippen LogP contribution is 2.04. The maximum atomic E-state index is 12.7. The van der Waals surface area contributed by atoms with Crippen molar-refractivity contribution in [3.63, 3.8) is 0 Å². The Bertz CT molecular complexity index is 764. The van der Waals surface area contributed by atoms with Gasteiger partial charge in [0.2, 0.25) is 0 Å². The molecule has 2 fully saturated rings. The second-order valence-corrected chi connectivity index (χ2v) is 7.90. The zero-order chi connectivity index (χ0) is 19.3. The van der Waals surface area contributed by atoms with Gasteiger partial charge in [-0.1, -0.05) is 11.2 Å². The Morgan fingerprint density at radius 1 is 1.14 bits per heavy atom. The minimum Gasteiger partial charge on any atom is -0.361 e. The van der Waals surface area contributed by atoms with Gasteiger partial charge in [-0.15, -0.1) is 0 Å². The molecule has 2 aromatic rings. The van der Waals surface area contributed by atoms with Crippen LogP contribution in [0.15, 0.2) is 35.0 Å². The predicted molar refractivity (Wildman–Crippen MR) is 103 cm³/mol. The molecular weight excluding hydrogens is 356 g/mol. The van der Waals surface area contributed by atoms with Crippen LogP contribution in [-0.4, -0.2) is 74.9 Å². The van der Waals surface area contributed by atoms with Crippen LogP contribution in [0.1, 0.15) is 11.5 Å². The quantitative estimate of drug-likeness (QED) is 0.592. The molecule has 0 radical (unpaired) electrons. The Balaban J connectivity index is 1.19. The zero-order valence-electron chi connectivity index (χ0n) is 16.6. The van der Waals surface area contributed by atoms with Crippen molar-refractivity contribution in [1.82, 2.24) is 10.1 Å². The van der Waals surface area contributed by atoms with Crippen LogP contribution in [-0.2, 0) is 11.3 Å². The Labute approximate surface area is 165 Å². The minimum absolute atomic E-state index is 0.297. The van der Waals surface area contributed by atoms with E-state index >= 15 is 0 Å². The van der Waals surface area contributed by atoms with Crippen LogP contribution in [0.25, 0.3) is 0 Å². The van der Waals surface area contributed by atoms with E-state index in [-0.39, 0.29) is 0 Å². The fourth-order valence-electron chi connectivity index (χ4n) is 4.15. The number of quaternary nitrogens is 2. The lowest BCUT2D eigenvalue weighted by molar-refractivity contribution is -0.918. The molecule has 4 rings (SSSR count). The molecule has 0 bridgehead atoms. The van der Waals surface area contributed by atoms with Crippen molar-refractivity contribution in [2.24, 2.45) is 0 Å². The van der Waals surface area contributed by atoms with Gasteiger partial charge in [-0.25, -0.2) is 4.98 Å². The van der Waals surface area contributed by atoms with Crippen molar-refractivity contribution < 1.29 is 24.1 Å². The van der Waals surface area contributed by atoms with E-state index in [0.29, 0.717) is 12.5 Å². The standard InChI is InChI=1S/C20H28N6O2/c1-17-14-18(22-28-17)15-23-8-12-26(13-9-23)20(27)16-24-6-10-25(11-7-24)19-4-2-3-5-21-19/h2-5,14H,6-13,15-16H2,1H3/p+3. The summed E-state index contributed by atoms with van der Waals surface area (Å²) in [7, 11) is 0. The molecular formula is C20H31N6O2+3. The van der Waals surface area contributed by atoms with Gasteiger partial charge in [-0.05, 0) is 13.0 Å². The van der Waals surface area contributed by atoms with Crippen LogP contribution in [0.5, 0.6) is 0 Å². The number of aromatic nitrogens is 2. The summed E-state index contributed by atoms with van der Waals surface area (Å²) in [6, 6.07) is 8.16. The second-order valence-electron chi connectivity index (χ2n) is 7.90. The van der Waals surface area contributed by atoms with E-state index < -0.39 is 0 Å². The molecule has 2 aliphatic rings. The van der Waals surface area contributed by atoms with Gasteiger partial charge in [0, 0.05) is 12.1 Å². The van der Waals surface area contributed by atoms with E-state index in [1.165, 1.54) is 9.80 Å². The van der Waals surface area contributed by atoms with Crippen molar-refractivity contribution >= 4 is 11.7 Å². The summed E-state index contributed by atoms with van der Waals surface area (Å²) in [5.41, 5.74) is 1.00. The number of pyridine rings is 1. The number of carbonyl (C=O) groups is 1. The normalized spacial score (nSPS) is 19.2. The molecule has 0 aromatic carbocycles. The molecule has 0 aliphatic carbocycles. The average Bonchev–Trinajstić information content (AvgIpc) is 3.14. The minimum atomic E-state index is 0.297. The van der Waals surface area contributed by atoms with E-state index in [1.807, 2.05) is 30.2 Å². The number of aryl methyl sites for hydroxylation is 1. The summed E-state index contributed by atoms with van der Waals surface area (Å²) < 4.78 is 5.15. The molecule has 0 atom stereocenters. The van der Waals surface area contributed by atoms with Crippen LogP contribution >= 0.6 is 0 Å². The largest absolute Gasteiger partial charge is 0.361 e. The molecule has 0 unspecified atom stereocenters. The Kier molecular flexibility index (Phi) is 5.87. The van der Waals surface area contributed by atoms with Gasteiger partial charge < -0.3 is 19.2 Å². The van der Waals surface area contributed by atoms with Crippen LogP contribution in [0.3, 0.4) is 0 Å². The van der Waals surface area contributed by atoms with Gasteiger partial charge in [0.15, 0.2) is 6.54 Å². The topological polar surface area (TPSA) is 72.6 Å². The molecule has 0 spiro atoms. The smallest absolute Gasteiger partial charge is 0.278 e. The van der Waals surface area contributed by atoms with Crippen LogP contribution in [0, 0.1) is 6.92 Å². The first-order valence-electron chi connectivity index (χ1n) is 10.3. The summed E-state index contributed by atoms with van der Waals surface area (Å²) in [6.07, 6.45) is 1.96. The van der Waals surface area contributed by atoms with Crippen molar-refractivity contribution in [3.05, 3.63) is 41.9 Å². The third-order valence-electron chi connectivity index (χ3n) is 5.84. The average molecular weight is 388 g/mol. The lowest BCUT2D eigenvalue weighted by atomic mass is 10.2. The molecule has 2 aliphatic heterocycles. The van der Waals surface area contributed by atoms with E-state index in [0.717, 1.165) is 76.2 Å². The number of hydrogen-bond acceptors (Lipinski definition) is 4. The third-order valence-corrected chi connectivity index (χ3v) is 5.84. The lowest BCUT2D eigenvalue weighted by Gasteiger charge is -2.33. The maximum Gasteiger partial charge on any atom is 0.278 e. The number of aromatic amines is 1. The lowest BCUT2D eigenvalue weighted by Crippen LogP contribution is -3.16. The van der Waals surface area contributed by atoms with Crippen molar-refractivity contribution in [2.45, 2.75) is 13.5 Å². The number of carbonyl (C=O) groups excluding carboxylic acids is 1. The Hall–Kier alpha value is -2.45. The van der Waals surface area contributed by atoms with Crippen molar-refractivity contribution in [3.8, 4) is 0 Å². The molecule has 2 aromatic heterocycles. The zero-order valence-corrected chi connectivity index (χ0v) is 16.6. The Morgan fingerprint density at radius 3 is 2.54 bits per heavy atom. The number of H-pyrrole nitrogens is 1. The highest BCUT2D eigenvalue weighted by Gasteiger charge is 2.30. The number of nitrogens with one attached hydrogen (secondary N) is 3. The first-order chi connectivity index (χ1) is 13.7. The Morgan fingerprint density at radius 2 is 1.89 bits per heavy atom. The number of amides is 1. The van der Waals surface area contributed by atoms with Crippen LogP contribution < -0.4 is 19.7 Å². The summed E-state index contributed by atoms with van der Waals surface area (Å²) in [5.74, 6) is 2.32. The first-order valence-corrected chi connectivity index (χ1v) is 10.3. The van der Waals surface area contributed by atoms with Gasteiger partial charge in [-0.3, -0.25) is 9.69 Å². The van der Waals surface area contributed by atoms with Gasteiger partial charge in [0.25, 0.3) is 11.7 Å². The highest BCUT2D eigenvalue weighted by atomic mass is 16.5. The fraction of sp³-hybridized carbons (Fsp3) is 0.550. The highest BCUT2D eigenvalue weighted by molar-refractivity contribution is 5.77. The van der Waals surface area contributed by atoms with Gasteiger partial charge >= 0.3 is 0 Å². The SMILES string of the molecule is Cc1cc(C[NH+]2CCN(C(=O)C[NH+]3CCN(c4cccc[nH+]4)CC3)CC2)no1. The number of piperazine rings is 2. The van der Waals surface area contributed by atoms with Crippen molar-refractivity contribution in [2.75, 3.05) is 63.8 Å². The molecule has 8 heteroatoms. The molecule has 0 saturated carbocycles. The summed E-state index contributed by atoms with van der Waals surface area (Å²) in [6.45, 7) is 11.0. The van der Waals surface area contributed by atoms with Gasteiger partial charge in [0.05, 0.1) is 32.4 Å². The molecule has 3 N–H and O–H groups in total. The van der Waals surface area contributed by atoms with Crippen LogP contribution in [0.4, 0.5) is 5.82 Å². The first kappa shape index (κ1) is 18.9. The monoisotopic (exact) mass is 387 g/mol.